The number of phenols is 2. The third-order valence-corrected chi connectivity index (χ3v) is 6.36. The molecule has 1 aromatic carbocycles. The number of phenolic OH excluding ortho intramolecular Hbond substituents is 2. The van der Waals surface area contributed by atoms with E-state index in [1.165, 1.54) is 38.2 Å². The smallest absolute Gasteiger partial charge is 0.188 e. The Morgan fingerprint density at radius 2 is 2.06 bits per heavy atom. The fraction of sp³-hybridized carbons (Fsp3) is 0.227. The number of rotatable bonds is 5. The summed E-state index contributed by atoms with van der Waals surface area (Å²) in [5, 5.41) is 37.3. The third kappa shape index (κ3) is 2.77. The highest BCUT2D eigenvalue weighted by Crippen LogP contribution is 2.59. The number of carbonyl (C=O) groups is 2. The molecule has 2 heterocycles. The molecule has 4 N–H and O–H groups in total. The van der Waals surface area contributed by atoms with E-state index in [1.807, 2.05) is 0 Å². The number of thiazole rings is 1. The van der Waals surface area contributed by atoms with E-state index < -0.39 is 22.7 Å². The number of nitrogens with zero attached hydrogens (tertiary/aromatic N) is 1. The molecule has 0 spiro atoms. The van der Waals surface area contributed by atoms with Crippen LogP contribution in [0.4, 0.5) is 5.13 Å². The van der Waals surface area contributed by atoms with Crippen LogP contribution in [0, 0.1) is 6.92 Å². The van der Waals surface area contributed by atoms with Gasteiger partial charge in [-0.05, 0) is 20.8 Å². The lowest BCUT2D eigenvalue weighted by atomic mass is 9.71. The molecule has 2 aromatic rings. The summed E-state index contributed by atoms with van der Waals surface area (Å²) in [6.07, 6.45) is 2.88. The van der Waals surface area contributed by atoms with Gasteiger partial charge in [-0.1, -0.05) is 6.08 Å². The normalized spacial score (nSPS) is 19.5. The Kier molecular flexibility index (Phi) is 4.66. The first-order valence-corrected chi connectivity index (χ1v) is 10.3. The Morgan fingerprint density at radius 3 is 2.71 bits per heavy atom. The average Bonchev–Trinajstić information content (AvgIpc) is 3.28. The van der Waals surface area contributed by atoms with Gasteiger partial charge in [-0.2, -0.15) is 0 Å². The Labute approximate surface area is 181 Å². The van der Waals surface area contributed by atoms with Crippen molar-refractivity contribution in [2.24, 2.45) is 0 Å². The van der Waals surface area contributed by atoms with E-state index in [0.29, 0.717) is 17.4 Å². The summed E-state index contributed by atoms with van der Waals surface area (Å²) in [4.78, 5) is 29.8. The number of ketones is 2. The predicted molar refractivity (Wildman–Crippen MR) is 116 cm³/mol. The van der Waals surface area contributed by atoms with Crippen molar-refractivity contribution < 1.29 is 29.6 Å². The lowest BCUT2D eigenvalue weighted by molar-refractivity contribution is -0.123. The molecule has 2 aliphatic rings. The van der Waals surface area contributed by atoms with Crippen LogP contribution in [0.15, 0.2) is 41.2 Å². The van der Waals surface area contributed by atoms with Crippen molar-refractivity contribution in [1.82, 2.24) is 4.98 Å². The zero-order chi connectivity index (χ0) is 22.7. The highest BCUT2D eigenvalue weighted by Gasteiger charge is 2.55. The maximum Gasteiger partial charge on any atom is 0.188 e. The lowest BCUT2D eigenvalue weighted by Crippen LogP contribution is -2.38. The van der Waals surface area contributed by atoms with E-state index in [9.17, 15) is 24.9 Å². The van der Waals surface area contributed by atoms with Crippen LogP contribution < -0.4 is 10.1 Å². The Hall–Kier alpha value is -3.59. The van der Waals surface area contributed by atoms with Crippen molar-refractivity contribution in [2.45, 2.75) is 26.2 Å². The fourth-order valence-electron chi connectivity index (χ4n) is 3.90. The van der Waals surface area contributed by atoms with Crippen LogP contribution in [0.5, 0.6) is 17.2 Å². The van der Waals surface area contributed by atoms with Gasteiger partial charge in [0.1, 0.15) is 39.8 Å². The van der Waals surface area contributed by atoms with Crippen LogP contribution in [0.3, 0.4) is 0 Å². The maximum atomic E-state index is 13.3. The van der Waals surface area contributed by atoms with Crippen molar-refractivity contribution in [2.75, 3.05) is 11.9 Å². The topological polar surface area (TPSA) is 129 Å². The van der Waals surface area contributed by atoms with Gasteiger partial charge in [0.25, 0.3) is 0 Å². The lowest BCUT2D eigenvalue weighted by Gasteiger charge is -2.28. The fourth-order valence-corrected chi connectivity index (χ4v) is 4.61. The van der Waals surface area contributed by atoms with Crippen molar-refractivity contribution in [1.29, 1.82) is 0 Å². The van der Waals surface area contributed by atoms with E-state index in [2.05, 4.69) is 16.9 Å². The first kappa shape index (κ1) is 20.7. The highest BCUT2D eigenvalue weighted by molar-refractivity contribution is 7.14. The van der Waals surface area contributed by atoms with Gasteiger partial charge in [0, 0.05) is 23.6 Å². The second-order valence-electron chi connectivity index (χ2n) is 7.49. The van der Waals surface area contributed by atoms with E-state index in [-0.39, 0.29) is 45.3 Å². The molecule has 1 atom stereocenters. The standard InChI is InChI=1S/C22H20N2O6S/c1-5-6-23-21-24-11(8-31-21)15-17(27)9(2)18(28)16-19(15)30-13-7-12(26)14(10(3)25)20(29)22(13,16)4/h5,7-8,26-28H,1,6H2,2-4H3,(H,23,24)/t22-/m0/s1. The number of aliphatic hydroxyl groups excluding tert-OH is 1. The second-order valence-corrected chi connectivity index (χ2v) is 8.35. The van der Waals surface area contributed by atoms with Crippen molar-refractivity contribution in [3.05, 3.63) is 52.3 Å². The number of anilines is 1. The molecule has 31 heavy (non-hydrogen) atoms. The largest absolute Gasteiger partial charge is 0.507 e. The number of nitrogens with one attached hydrogen (secondary N) is 1. The third-order valence-electron chi connectivity index (χ3n) is 5.56. The van der Waals surface area contributed by atoms with Crippen molar-refractivity contribution >= 4 is 28.0 Å². The number of carbonyl (C=O) groups excluding carboxylic acids is 2. The molecular formula is C22H20N2O6S. The summed E-state index contributed by atoms with van der Waals surface area (Å²) < 4.78 is 5.92. The number of hydrogen-bond donors (Lipinski definition) is 4. The minimum atomic E-state index is -1.54. The van der Waals surface area contributed by atoms with Gasteiger partial charge in [0.15, 0.2) is 16.7 Å². The maximum absolute atomic E-state index is 13.3. The van der Waals surface area contributed by atoms with Gasteiger partial charge in [0.2, 0.25) is 0 Å². The molecule has 1 aliphatic heterocycles. The molecular weight excluding hydrogens is 420 g/mol. The summed E-state index contributed by atoms with van der Waals surface area (Å²) in [7, 11) is 0. The molecule has 1 aliphatic carbocycles. The van der Waals surface area contributed by atoms with E-state index in [0.717, 1.165) is 0 Å². The minimum absolute atomic E-state index is 0.0526. The number of hydrogen-bond acceptors (Lipinski definition) is 9. The zero-order valence-electron chi connectivity index (χ0n) is 17.1. The monoisotopic (exact) mass is 440 g/mol. The zero-order valence-corrected chi connectivity index (χ0v) is 17.9. The molecule has 0 unspecified atom stereocenters. The molecule has 4 rings (SSSR count). The van der Waals surface area contributed by atoms with Gasteiger partial charge in [-0.15, -0.1) is 17.9 Å². The molecule has 0 radical (unpaired) electrons. The van der Waals surface area contributed by atoms with Crippen molar-refractivity contribution in [3.63, 3.8) is 0 Å². The summed E-state index contributed by atoms with van der Waals surface area (Å²) in [5.74, 6) is -2.23. The molecule has 0 saturated heterocycles. The highest BCUT2D eigenvalue weighted by atomic mass is 32.1. The van der Waals surface area contributed by atoms with Crippen LogP contribution in [-0.2, 0) is 15.0 Å². The molecule has 160 valence electrons. The molecule has 8 nitrogen and oxygen atoms in total. The van der Waals surface area contributed by atoms with Gasteiger partial charge >= 0.3 is 0 Å². The number of Topliss-reactive ketones (excluding diaryl/α,β-unsaturated/α-hetero) is 2. The second kappa shape index (κ2) is 6.98. The number of benzene rings is 1. The van der Waals surface area contributed by atoms with Gasteiger partial charge < -0.3 is 25.4 Å². The summed E-state index contributed by atoms with van der Waals surface area (Å²) in [6.45, 7) is 8.35. The number of aliphatic hydroxyl groups is 1. The Balaban J connectivity index is 1.97. The summed E-state index contributed by atoms with van der Waals surface area (Å²) in [5.41, 5.74) is -1.05. The first-order chi connectivity index (χ1) is 14.6. The molecule has 1 aromatic heterocycles. The Bertz CT molecular complexity index is 1240. The molecule has 0 amide bonds. The Morgan fingerprint density at radius 1 is 1.35 bits per heavy atom. The average molecular weight is 440 g/mol. The van der Waals surface area contributed by atoms with Crippen LogP contribution in [0.1, 0.15) is 25.0 Å². The summed E-state index contributed by atoms with van der Waals surface area (Å²) >= 11 is 1.30. The number of fused-ring (bicyclic) bond motifs is 3. The molecule has 0 bridgehead atoms. The van der Waals surface area contributed by atoms with Gasteiger partial charge in [0.05, 0.1) is 16.8 Å². The van der Waals surface area contributed by atoms with Gasteiger partial charge in [-0.3, -0.25) is 9.59 Å². The van der Waals surface area contributed by atoms with Gasteiger partial charge in [-0.25, -0.2) is 4.98 Å². The number of ether oxygens (including phenoxy) is 1. The van der Waals surface area contributed by atoms with E-state index in [4.69, 9.17) is 4.74 Å². The molecule has 0 saturated carbocycles. The van der Waals surface area contributed by atoms with Crippen LogP contribution in [-0.4, -0.2) is 38.4 Å². The predicted octanol–water partition coefficient (Wildman–Crippen LogP) is 3.65. The molecule has 9 heteroatoms. The SMILES string of the molecule is C=CCNc1nc(-c2c(O)c(C)c(O)c3c2OC2=CC(O)=C(C(C)=O)C(=O)[C@@]23C)cs1. The van der Waals surface area contributed by atoms with Crippen LogP contribution >= 0.6 is 11.3 Å². The number of aromatic nitrogens is 1. The number of allylic oxidation sites excluding steroid dienone is 3. The van der Waals surface area contributed by atoms with Crippen molar-refractivity contribution in [3.8, 4) is 28.5 Å². The minimum Gasteiger partial charge on any atom is -0.507 e. The van der Waals surface area contributed by atoms with E-state index >= 15 is 0 Å². The van der Waals surface area contributed by atoms with Crippen LogP contribution in [0.25, 0.3) is 11.3 Å². The van der Waals surface area contributed by atoms with E-state index in [1.54, 1.807) is 11.5 Å². The first-order valence-electron chi connectivity index (χ1n) is 9.41. The quantitative estimate of drug-likeness (QED) is 0.410. The van der Waals surface area contributed by atoms with Crippen LogP contribution in [0.2, 0.25) is 0 Å². The number of aromatic hydroxyl groups is 2. The molecule has 0 fully saturated rings. The summed E-state index contributed by atoms with van der Waals surface area (Å²) in [6, 6.07) is 0.